The van der Waals surface area contributed by atoms with E-state index in [9.17, 15) is 0 Å². The molecule has 0 amide bonds. The van der Waals surface area contributed by atoms with Gasteiger partial charge in [-0.2, -0.15) is 5.10 Å². The molecule has 3 heterocycles. The van der Waals surface area contributed by atoms with E-state index in [2.05, 4.69) is 23.9 Å². The minimum Gasteiger partial charge on any atom is -0.463 e. The topological polar surface area (TPSA) is 43.3 Å². The number of hydrogen-bond acceptors (Lipinski definition) is 3. The van der Waals surface area contributed by atoms with Crippen LogP contribution in [0.3, 0.4) is 0 Å². The first-order chi connectivity index (χ1) is 8.66. The van der Waals surface area contributed by atoms with Crippen molar-refractivity contribution in [1.29, 1.82) is 0 Å². The van der Waals surface area contributed by atoms with Crippen LogP contribution in [0.5, 0.6) is 0 Å². The van der Waals surface area contributed by atoms with Crippen LogP contribution in [0.2, 0.25) is 5.15 Å². The molecule has 3 aromatic rings. The van der Waals surface area contributed by atoms with E-state index < -0.39 is 0 Å². The van der Waals surface area contributed by atoms with Gasteiger partial charge in [0.05, 0.1) is 12.5 Å². The molecule has 0 fully saturated rings. The van der Waals surface area contributed by atoms with Crippen LogP contribution in [0.15, 0.2) is 35.1 Å². The van der Waals surface area contributed by atoms with E-state index in [4.69, 9.17) is 16.0 Å². The Bertz CT molecular complexity index is 686. The van der Waals surface area contributed by atoms with Crippen molar-refractivity contribution in [1.82, 2.24) is 14.6 Å². The molecule has 0 atom stereocenters. The normalized spacial score (nSPS) is 11.6. The van der Waals surface area contributed by atoms with E-state index >= 15 is 0 Å². The molecule has 92 valence electrons. The fourth-order valence-electron chi connectivity index (χ4n) is 1.90. The van der Waals surface area contributed by atoms with Crippen molar-refractivity contribution >= 4 is 17.2 Å². The Labute approximate surface area is 109 Å². The maximum atomic E-state index is 6.22. The minimum absolute atomic E-state index is 0.345. The first-order valence-electron chi connectivity index (χ1n) is 5.75. The van der Waals surface area contributed by atoms with Gasteiger partial charge in [0.2, 0.25) is 0 Å². The number of fused-ring (bicyclic) bond motifs is 1. The van der Waals surface area contributed by atoms with E-state index in [1.165, 1.54) is 0 Å². The van der Waals surface area contributed by atoms with Crippen molar-refractivity contribution in [2.75, 3.05) is 0 Å². The maximum Gasteiger partial charge on any atom is 0.160 e. The fraction of sp³-hybridized carbons (Fsp3) is 0.231. The molecule has 0 aliphatic heterocycles. The summed E-state index contributed by atoms with van der Waals surface area (Å²) in [6.45, 7) is 4.21. The average molecular weight is 262 g/mol. The van der Waals surface area contributed by atoms with Gasteiger partial charge < -0.3 is 4.42 Å². The lowest BCUT2D eigenvalue weighted by atomic mass is 10.1. The summed E-state index contributed by atoms with van der Waals surface area (Å²) in [5.74, 6) is 1.05. The molecule has 0 N–H and O–H groups in total. The molecular weight excluding hydrogens is 250 g/mol. The minimum atomic E-state index is 0.345. The number of nitrogens with zero attached hydrogens (tertiary/aromatic N) is 3. The van der Waals surface area contributed by atoms with Gasteiger partial charge >= 0.3 is 0 Å². The van der Waals surface area contributed by atoms with Crippen molar-refractivity contribution in [2.45, 2.75) is 19.8 Å². The number of hydrogen-bond donors (Lipinski definition) is 0. The van der Waals surface area contributed by atoms with Gasteiger partial charge in [-0.15, -0.1) is 0 Å². The van der Waals surface area contributed by atoms with Gasteiger partial charge in [0.1, 0.15) is 10.8 Å². The predicted molar refractivity (Wildman–Crippen MR) is 69.8 cm³/mol. The first-order valence-corrected chi connectivity index (χ1v) is 6.12. The zero-order chi connectivity index (χ0) is 12.7. The van der Waals surface area contributed by atoms with Crippen molar-refractivity contribution in [3.63, 3.8) is 0 Å². The average Bonchev–Trinajstić information content (AvgIpc) is 2.97. The van der Waals surface area contributed by atoms with Gasteiger partial charge in [-0.25, -0.2) is 9.50 Å². The smallest absolute Gasteiger partial charge is 0.160 e. The third-order valence-corrected chi connectivity index (χ3v) is 3.12. The van der Waals surface area contributed by atoms with Crippen LogP contribution in [0.1, 0.15) is 25.3 Å². The molecule has 0 spiro atoms. The van der Waals surface area contributed by atoms with Crippen molar-refractivity contribution in [2.24, 2.45) is 0 Å². The fourth-order valence-corrected chi connectivity index (χ4v) is 2.13. The Hall–Kier alpha value is -1.81. The molecule has 0 aliphatic rings. The van der Waals surface area contributed by atoms with E-state index in [0.717, 1.165) is 16.9 Å². The molecule has 3 rings (SSSR count). The van der Waals surface area contributed by atoms with Gasteiger partial charge in [-0.3, -0.25) is 0 Å². The third-order valence-electron chi connectivity index (χ3n) is 2.85. The van der Waals surface area contributed by atoms with E-state index in [1.54, 1.807) is 16.8 Å². The predicted octanol–water partition coefficient (Wildman–Crippen LogP) is 3.77. The molecule has 4 nitrogen and oxygen atoms in total. The molecule has 3 aromatic heterocycles. The van der Waals surface area contributed by atoms with Gasteiger partial charge in [0.25, 0.3) is 0 Å². The highest BCUT2D eigenvalue weighted by atomic mass is 35.5. The first kappa shape index (κ1) is 11.3. The summed E-state index contributed by atoms with van der Waals surface area (Å²) in [7, 11) is 0. The Morgan fingerprint density at radius 3 is 2.89 bits per heavy atom. The molecule has 0 aliphatic carbocycles. The summed E-state index contributed by atoms with van der Waals surface area (Å²) < 4.78 is 6.99. The Morgan fingerprint density at radius 2 is 2.22 bits per heavy atom. The van der Waals surface area contributed by atoms with Gasteiger partial charge in [0.15, 0.2) is 11.4 Å². The number of rotatable bonds is 2. The Morgan fingerprint density at radius 1 is 1.39 bits per heavy atom. The standard InChI is InChI=1S/C13H12ClN3O/c1-8(2)9-7-15-17-12(14)6-10(16-13(9)17)11-4-3-5-18-11/h3-8H,1-2H3. The monoisotopic (exact) mass is 261 g/mol. The molecule has 0 radical (unpaired) electrons. The summed E-state index contributed by atoms with van der Waals surface area (Å²) in [6, 6.07) is 5.44. The van der Waals surface area contributed by atoms with Crippen molar-refractivity contribution in [3.05, 3.63) is 41.4 Å². The van der Waals surface area contributed by atoms with E-state index in [0.29, 0.717) is 16.8 Å². The van der Waals surface area contributed by atoms with Crippen LogP contribution in [-0.2, 0) is 0 Å². The maximum absolute atomic E-state index is 6.22. The lowest BCUT2D eigenvalue weighted by Gasteiger charge is -2.04. The second-order valence-corrected chi connectivity index (χ2v) is 4.82. The molecule has 0 saturated carbocycles. The highest BCUT2D eigenvalue weighted by molar-refractivity contribution is 6.30. The van der Waals surface area contributed by atoms with Crippen molar-refractivity contribution in [3.8, 4) is 11.5 Å². The van der Waals surface area contributed by atoms with Gasteiger partial charge in [-0.05, 0) is 18.1 Å². The quantitative estimate of drug-likeness (QED) is 0.660. The van der Waals surface area contributed by atoms with Gasteiger partial charge in [0, 0.05) is 11.6 Å². The van der Waals surface area contributed by atoms with Crippen LogP contribution in [-0.4, -0.2) is 14.6 Å². The summed E-state index contributed by atoms with van der Waals surface area (Å²) in [5, 5.41) is 4.78. The zero-order valence-electron chi connectivity index (χ0n) is 10.1. The number of aromatic nitrogens is 3. The molecular formula is C13H12ClN3O. The summed E-state index contributed by atoms with van der Waals surface area (Å²) >= 11 is 6.22. The highest BCUT2D eigenvalue weighted by Crippen LogP contribution is 2.26. The van der Waals surface area contributed by atoms with E-state index in [1.807, 2.05) is 18.3 Å². The van der Waals surface area contributed by atoms with Crippen LogP contribution >= 0.6 is 11.6 Å². The second-order valence-electron chi connectivity index (χ2n) is 4.43. The molecule has 0 bridgehead atoms. The van der Waals surface area contributed by atoms with Crippen LogP contribution < -0.4 is 0 Å². The third kappa shape index (κ3) is 1.69. The summed E-state index contributed by atoms with van der Waals surface area (Å²) in [4.78, 5) is 4.58. The van der Waals surface area contributed by atoms with Crippen molar-refractivity contribution < 1.29 is 4.42 Å². The molecule has 5 heteroatoms. The molecule has 18 heavy (non-hydrogen) atoms. The number of furan rings is 1. The Balaban J connectivity index is 2.27. The van der Waals surface area contributed by atoms with E-state index in [-0.39, 0.29) is 0 Å². The zero-order valence-corrected chi connectivity index (χ0v) is 10.8. The Kier molecular flexibility index (Phi) is 2.59. The van der Waals surface area contributed by atoms with Crippen LogP contribution in [0.4, 0.5) is 0 Å². The van der Waals surface area contributed by atoms with Gasteiger partial charge in [-0.1, -0.05) is 25.4 Å². The molecule has 0 unspecified atom stereocenters. The second kappa shape index (κ2) is 4.14. The van der Waals surface area contributed by atoms with Crippen LogP contribution in [0.25, 0.3) is 17.1 Å². The summed E-state index contributed by atoms with van der Waals surface area (Å²) in [6.07, 6.45) is 3.43. The highest BCUT2D eigenvalue weighted by Gasteiger charge is 2.14. The summed E-state index contributed by atoms with van der Waals surface area (Å²) in [5.41, 5.74) is 2.58. The SMILES string of the molecule is CC(C)c1cnn2c(Cl)cc(-c3ccco3)nc12. The molecule has 0 aromatic carbocycles. The molecule has 0 saturated heterocycles. The van der Waals surface area contributed by atoms with Crippen LogP contribution in [0, 0.1) is 0 Å². The lowest BCUT2D eigenvalue weighted by molar-refractivity contribution is 0.580. The largest absolute Gasteiger partial charge is 0.463 e. The lowest BCUT2D eigenvalue weighted by Crippen LogP contribution is -1.96. The number of halogens is 1.